The molecule has 1 aromatic heterocycles. The van der Waals surface area contributed by atoms with Gasteiger partial charge >= 0.3 is 0 Å². The molecule has 0 aromatic carbocycles. The summed E-state index contributed by atoms with van der Waals surface area (Å²) in [7, 11) is 1.81. The zero-order valence-corrected chi connectivity index (χ0v) is 17.7. The molecular weight excluding hydrogens is 360 g/mol. The molecule has 1 heterocycles. The molecule has 0 radical (unpaired) electrons. The molecule has 0 unspecified atom stereocenters. The van der Waals surface area contributed by atoms with E-state index in [4.69, 9.17) is 4.98 Å². The van der Waals surface area contributed by atoms with E-state index in [0.717, 1.165) is 23.5 Å². The topological polar surface area (TPSA) is 73.7 Å². The first-order chi connectivity index (χ1) is 12.7. The molecule has 1 amide bonds. The summed E-state index contributed by atoms with van der Waals surface area (Å²) in [5, 5.41) is 21.9. The van der Waals surface area contributed by atoms with Crippen molar-refractivity contribution in [3.05, 3.63) is 28.2 Å². The Hall–Kier alpha value is -1.24. The van der Waals surface area contributed by atoms with Crippen LogP contribution in [0.25, 0.3) is 0 Å². The van der Waals surface area contributed by atoms with Gasteiger partial charge < -0.3 is 15.1 Å². The van der Waals surface area contributed by atoms with Crippen LogP contribution in [0.4, 0.5) is 0 Å². The van der Waals surface area contributed by atoms with Crippen molar-refractivity contribution in [2.45, 2.75) is 58.5 Å². The number of hydrogen-bond acceptors (Lipinski definition) is 5. The maximum Gasteiger partial charge on any atom is 0.223 e. The fourth-order valence-electron chi connectivity index (χ4n) is 5.39. The van der Waals surface area contributed by atoms with Gasteiger partial charge in [0.2, 0.25) is 5.91 Å². The van der Waals surface area contributed by atoms with E-state index in [2.05, 4.69) is 13.5 Å². The zero-order chi connectivity index (χ0) is 20.0. The van der Waals surface area contributed by atoms with E-state index in [1.165, 1.54) is 4.88 Å². The molecular formula is C21H32N2O3S. The summed E-state index contributed by atoms with van der Waals surface area (Å²) in [6.07, 6.45) is 3.94. The monoisotopic (exact) mass is 392 g/mol. The average Bonchev–Trinajstić information content (AvgIpc) is 3.00. The van der Waals surface area contributed by atoms with Gasteiger partial charge in [-0.3, -0.25) is 4.79 Å². The van der Waals surface area contributed by atoms with Crippen LogP contribution in [0, 0.1) is 23.7 Å². The summed E-state index contributed by atoms with van der Waals surface area (Å²) >= 11 is 1.69. The smallest absolute Gasteiger partial charge is 0.223 e. The Morgan fingerprint density at radius 3 is 2.81 bits per heavy atom. The quantitative estimate of drug-likeness (QED) is 0.756. The molecule has 2 N–H and O–H groups in total. The molecule has 2 aliphatic carbocycles. The van der Waals surface area contributed by atoms with E-state index in [-0.39, 0.29) is 29.8 Å². The van der Waals surface area contributed by atoms with Crippen molar-refractivity contribution in [1.82, 2.24) is 9.88 Å². The van der Waals surface area contributed by atoms with Crippen LogP contribution in [0.2, 0.25) is 0 Å². The largest absolute Gasteiger partial charge is 0.396 e. The predicted octanol–water partition coefficient (Wildman–Crippen LogP) is 2.90. The Balaban J connectivity index is 2.04. The standard InChI is InChI=1S/C21H32N2O3S/c1-6-9-23(5)18(26)10-14-19-15(27-13(2)22-19)11-16-20(14,3)8-7-17(25)21(16,4)12-24/h6,14,16-17,24-25H,1,7-12H2,2-5H3/t14-,16-,17-,20+,21+/m1/s1. The Morgan fingerprint density at radius 2 is 2.19 bits per heavy atom. The van der Waals surface area contributed by atoms with Gasteiger partial charge in [0.15, 0.2) is 0 Å². The summed E-state index contributed by atoms with van der Waals surface area (Å²) in [6, 6.07) is 0. The number of thiazole rings is 1. The lowest BCUT2D eigenvalue weighted by atomic mass is 9.47. The molecule has 1 fully saturated rings. The highest BCUT2D eigenvalue weighted by Gasteiger charge is 2.59. The summed E-state index contributed by atoms with van der Waals surface area (Å²) in [5.74, 6) is 0.221. The van der Waals surface area contributed by atoms with Crippen LogP contribution < -0.4 is 0 Å². The predicted molar refractivity (Wildman–Crippen MR) is 108 cm³/mol. The highest BCUT2D eigenvalue weighted by atomic mass is 32.1. The van der Waals surface area contributed by atoms with Gasteiger partial charge in [-0.2, -0.15) is 0 Å². The van der Waals surface area contributed by atoms with Gasteiger partial charge in [-0.25, -0.2) is 4.98 Å². The van der Waals surface area contributed by atoms with E-state index in [1.54, 1.807) is 22.3 Å². The average molecular weight is 393 g/mol. The van der Waals surface area contributed by atoms with Crippen LogP contribution in [0.1, 0.15) is 54.6 Å². The number of carbonyl (C=O) groups is 1. The SMILES string of the molecule is C=CCN(C)C(=O)C[C@@H]1c2nc(C)sc2C[C@H]2[C@](C)(CO)[C@H](O)CC[C@]21C. The minimum atomic E-state index is -0.559. The third-order valence-corrected chi connectivity index (χ3v) is 8.22. The lowest BCUT2D eigenvalue weighted by molar-refractivity contribution is -0.146. The molecule has 150 valence electrons. The fourth-order valence-corrected chi connectivity index (χ4v) is 6.44. The van der Waals surface area contributed by atoms with Crippen molar-refractivity contribution in [1.29, 1.82) is 0 Å². The first kappa shape index (κ1) is 20.5. The van der Waals surface area contributed by atoms with Crippen molar-refractivity contribution in [3.63, 3.8) is 0 Å². The van der Waals surface area contributed by atoms with E-state index < -0.39 is 11.5 Å². The van der Waals surface area contributed by atoms with Crippen LogP contribution in [0.3, 0.4) is 0 Å². The number of aryl methyl sites for hydroxylation is 1. The fraction of sp³-hybridized carbons (Fsp3) is 0.714. The number of rotatable bonds is 5. The second-order valence-corrected chi connectivity index (χ2v) is 10.1. The maximum absolute atomic E-state index is 12.9. The third kappa shape index (κ3) is 3.26. The molecule has 2 aliphatic rings. The molecule has 3 rings (SSSR count). The maximum atomic E-state index is 12.9. The van der Waals surface area contributed by atoms with Gasteiger partial charge in [-0.05, 0) is 37.5 Å². The number of amides is 1. The minimum Gasteiger partial charge on any atom is -0.396 e. The Kier molecular flexibility index (Phi) is 5.54. The van der Waals surface area contributed by atoms with Crippen molar-refractivity contribution >= 4 is 17.2 Å². The Labute approximate surface area is 166 Å². The second-order valence-electron chi connectivity index (χ2n) is 8.84. The van der Waals surface area contributed by atoms with E-state index in [1.807, 2.05) is 20.9 Å². The van der Waals surface area contributed by atoms with Crippen LogP contribution in [0.5, 0.6) is 0 Å². The summed E-state index contributed by atoms with van der Waals surface area (Å²) < 4.78 is 0. The van der Waals surface area contributed by atoms with Crippen LogP contribution in [0.15, 0.2) is 12.7 Å². The summed E-state index contributed by atoms with van der Waals surface area (Å²) in [5.41, 5.74) is 0.333. The first-order valence-corrected chi connectivity index (χ1v) is 10.6. The number of aliphatic hydroxyl groups is 2. The van der Waals surface area contributed by atoms with Crippen LogP contribution in [-0.2, 0) is 11.2 Å². The van der Waals surface area contributed by atoms with E-state index in [0.29, 0.717) is 19.4 Å². The zero-order valence-electron chi connectivity index (χ0n) is 16.9. The second kappa shape index (κ2) is 7.30. The number of fused-ring (bicyclic) bond motifs is 2. The highest BCUT2D eigenvalue weighted by molar-refractivity contribution is 7.11. The number of likely N-dealkylation sites (N-methyl/N-ethyl adjacent to an activating group) is 1. The number of aromatic nitrogens is 1. The van der Waals surface area contributed by atoms with Crippen molar-refractivity contribution in [2.75, 3.05) is 20.2 Å². The van der Waals surface area contributed by atoms with Gasteiger partial charge in [0, 0.05) is 36.2 Å². The lowest BCUT2D eigenvalue weighted by Crippen LogP contribution is -2.57. The Bertz CT molecular complexity index is 733. The van der Waals surface area contributed by atoms with Crippen molar-refractivity contribution < 1.29 is 15.0 Å². The van der Waals surface area contributed by atoms with Crippen molar-refractivity contribution in [3.8, 4) is 0 Å². The van der Waals surface area contributed by atoms with E-state index in [9.17, 15) is 15.0 Å². The van der Waals surface area contributed by atoms with Gasteiger partial charge in [-0.1, -0.05) is 19.9 Å². The molecule has 0 saturated heterocycles. The van der Waals surface area contributed by atoms with Gasteiger partial charge in [0.05, 0.1) is 23.4 Å². The number of nitrogens with zero attached hydrogens (tertiary/aromatic N) is 2. The summed E-state index contributed by atoms with van der Waals surface area (Å²) in [6.45, 7) is 10.5. The van der Waals surface area contributed by atoms with Crippen LogP contribution in [-0.4, -0.2) is 52.3 Å². The van der Waals surface area contributed by atoms with Gasteiger partial charge in [-0.15, -0.1) is 17.9 Å². The lowest BCUT2D eigenvalue weighted by Gasteiger charge is -2.58. The molecule has 6 heteroatoms. The number of carbonyl (C=O) groups excluding carboxylic acids is 1. The Morgan fingerprint density at radius 1 is 1.48 bits per heavy atom. The molecule has 27 heavy (non-hydrogen) atoms. The molecule has 0 spiro atoms. The van der Waals surface area contributed by atoms with Gasteiger partial charge in [0.1, 0.15) is 0 Å². The molecule has 1 saturated carbocycles. The van der Waals surface area contributed by atoms with Crippen LogP contribution >= 0.6 is 11.3 Å². The van der Waals surface area contributed by atoms with Crippen molar-refractivity contribution in [2.24, 2.45) is 16.7 Å². The molecule has 0 aliphatic heterocycles. The molecule has 5 nitrogen and oxygen atoms in total. The molecule has 1 aromatic rings. The normalized spacial score (nSPS) is 35.3. The number of hydrogen-bond donors (Lipinski definition) is 2. The van der Waals surface area contributed by atoms with Gasteiger partial charge in [0.25, 0.3) is 0 Å². The molecule has 5 atom stereocenters. The molecule has 0 bridgehead atoms. The number of aliphatic hydroxyl groups excluding tert-OH is 2. The minimum absolute atomic E-state index is 0.00865. The summed E-state index contributed by atoms with van der Waals surface area (Å²) in [4.78, 5) is 20.6. The third-order valence-electron chi connectivity index (χ3n) is 7.21. The highest BCUT2D eigenvalue weighted by Crippen LogP contribution is 2.62. The van der Waals surface area contributed by atoms with E-state index >= 15 is 0 Å². The first-order valence-electron chi connectivity index (χ1n) is 9.77.